The Morgan fingerprint density at radius 3 is 2.73 bits per heavy atom. The molecule has 0 spiro atoms. The van der Waals surface area contributed by atoms with Gasteiger partial charge < -0.3 is 19.1 Å². The van der Waals surface area contributed by atoms with Crippen LogP contribution in [0.25, 0.3) is 6.08 Å². The molecule has 0 aliphatic carbocycles. The number of amides is 1. The second-order valence-electron chi connectivity index (χ2n) is 7.24. The molecule has 6 nitrogen and oxygen atoms in total. The number of hydrogen-bond donors (Lipinski definition) is 0. The molecule has 0 N–H and O–H groups in total. The van der Waals surface area contributed by atoms with Crippen LogP contribution in [-0.2, 0) is 27.3 Å². The predicted molar refractivity (Wildman–Crippen MR) is 114 cm³/mol. The van der Waals surface area contributed by atoms with Gasteiger partial charge in [-0.25, -0.2) is 4.79 Å². The SMILES string of the molecule is CCOc1cc2c(cc1/C=C/C(=O)OCC(=O)N(C)Cc1ccccc1)O[C@H](C)C2. The van der Waals surface area contributed by atoms with Crippen LogP contribution in [0, 0.1) is 0 Å². The zero-order valence-corrected chi connectivity index (χ0v) is 17.6. The number of hydrogen-bond acceptors (Lipinski definition) is 5. The topological polar surface area (TPSA) is 65.1 Å². The van der Waals surface area contributed by atoms with E-state index in [2.05, 4.69) is 0 Å². The fourth-order valence-corrected chi connectivity index (χ4v) is 3.26. The van der Waals surface area contributed by atoms with Gasteiger partial charge in [-0.1, -0.05) is 30.3 Å². The van der Waals surface area contributed by atoms with Crippen LogP contribution in [0.15, 0.2) is 48.5 Å². The number of esters is 1. The van der Waals surface area contributed by atoms with Crippen molar-refractivity contribution in [3.8, 4) is 11.5 Å². The minimum Gasteiger partial charge on any atom is -0.493 e. The van der Waals surface area contributed by atoms with Crippen molar-refractivity contribution < 1.29 is 23.8 Å². The van der Waals surface area contributed by atoms with Crippen LogP contribution < -0.4 is 9.47 Å². The van der Waals surface area contributed by atoms with E-state index in [1.54, 1.807) is 13.1 Å². The molecule has 6 heteroatoms. The van der Waals surface area contributed by atoms with Crippen LogP contribution in [0.3, 0.4) is 0 Å². The van der Waals surface area contributed by atoms with E-state index in [0.717, 1.165) is 28.9 Å². The lowest BCUT2D eigenvalue weighted by atomic mass is 10.1. The summed E-state index contributed by atoms with van der Waals surface area (Å²) in [5.41, 5.74) is 2.84. The van der Waals surface area contributed by atoms with Gasteiger partial charge in [-0.3, -0.25) is 4.79 Å². The molecular formula is C24H27NO5. The number of ether oxygens (including phenoxy) is 3. The van der Waals surface area contributed by atoms with E-state index >= 15 is 0 Å². The number of carbonyl (C=O) groups excluding carboxylic acids is 2. The van der Waals surface area contributed by atoms with E-state index in [1.807, 2.05) is 56.3 Å². The molecule has 2 aromatic rings. The highest BCUT2D eigenvalue weighted by Crippen LogP contribution is 2.35. The number of carbonyl (C=O) groups is 2. The molecule has 0 radical (unpaired) electrons. The normalized spacial score (nSPS) is 14.8. The van der Waals surface area contributed by atoms with Crippen LogP contribution in [0.5, 0.6) is 11.5 Å². The molecule has 158 valence electrons. The first-order valence-corrected chi connectivity index (χ1v) is 10.1. The van der Waals surface area contributed by atoms with Gasteiger partial charge in [0.2, 0.25) is 0 Å². The van der Waals surface area contributed by atoms with Crippen molar-refractivity contribution in [3.05, 3.63) is 65.2 Å². The Hall–Kier alpha value is -3.28. The number of likely N-dealkylation sites (N-methyl/N-ethyl adjacent to an activating group) is 1. The molecule has 3 rings (SSSR count). The molecule has 1 aliphatic heterocycles. The number of rotatable bonds is 8. The molecule has 0 bridgehead atoms. The summed E-state index contributed by atoms with van der Waals surface area (Å²) >= 11 is 0. The highest BCUT2D eigenvalue weighted by atomic mass is 16.5. The summed E-state index contributed by atoms with van der Waals surface area (Å²) in [7, 11) is 1.68. The number of fused-ring (bicyclic) bond motifs is 1. The fourth-order valence-electron chi connectivity index (χ4n) is 3.26. The van der Waals surface area contributed by atoms with E-state index in [-0.39, 0.29) is 18.6 Å². The van der Waals surface area contributed by atoms with E-state index in [0.29, 0.717) is 18.9 Å². The Bertz CT molecular complexity index is 923. The zero-order valence-electron chi connectivity index (χ0n) is 17.6. The summed E-state index contributed by atoms with van der Waals surface area (Å²) < 4.78 is 16.6. The minimum atomic E-state index is -0.589. The highest BCUT2D eigenvalue weighted by molar-refractivity contribution is 5.89. The Balaban J connectivity index is 1.57. The van der Waals surface area contributed by atoms with Crippen molar-refractivity contribution in [2.45, 2.75) is 32.9 Å². The van der Waals surface area contributed by atoms with Crippen LogP contribution in [0.2, 0.25) is 0 Å². The first-order valence-electron chi connectivity index (χ1n) is 10.1. The van der Waals surface area contributed by atoms with E-state index in [4.69, 9.17) is 14.2 Å². The van der Waals surface area contributed by atoms with Crippen LogP contribution >= 0.6 is 0 Å². The first kappa shape index (κ1) is 21.4. The van der Waals surface area contributed by atoms with Crippen molar-refractivity contribution >= 4 is 18.0 Å². The Morgan fingerprint density at radius 1 is 1.23 bits per heavy atom. The van der Waals surface area contributed by atoms with Gasteiger partial charge in [0.1, 0.15) is 17.6 Å². The summed E-state index contributed by atoms with van der Waals surface area (Å²) in [4.78, 5) is 25.8. The molecule has 1 aliphatic rings. The van der Waals surface area contributed by atoms with Gasteiger partial charge in [-0.05, 0) is 37.6 Å². The maximum Gasteiger partial charge on any atom is 0.331 e. The smallest absolute Gasteiger partial charge is 0.331 e. The molecule has 1 amide bonds. The summed E-state index contributed by atoms with van der Waals surface area (Å²) in [6.07, 6.45) is 3.88. The van der Waals surface area contributed by atoms with Gasteiger partial charge in [0.25, 0.3) is 5.91 Å². The summed E-state index contributed by atoms with van der Waals surface area (Å²) in [6, 6.07) is 13.5. The van der Waals surface area contributed by atoms with Crippen molar-refractivity contribution in [1.82, 2.24) is 4.90 Å². The molecule has 0 fully saturated rings. The number of nitrogens with zero attached hydrogens (tertiary/aromatic N) is 1. The second-order valence-corrected chi connectivity index (χ2v) is 7.24. The molecule has 0 unspecified atom stereocenters. The van der Waals surface area contributed by atoms with Gasteiger partial charge in [0.05, 0.1) is 6.61 Å². The summed E-state index contributed by atoms with van der Waals surface area (Å²) in [5.74, 6) is 0.637. The third kappa shape index (κ3) is 5.63. The van der Waals surface area contributed by atoms with Gasteiger partial charge in [0, 0.05) is 37.2 Å². The zero-order chi connectivity index (χ0) is 21.5. The van der Waals surface area contributed by atoms with Gasteiger partial charge in [0.15, 0.2) is 6.61 Å². The van der Waals surface area contributed by atoms with E-state index < -0.39 is 5.97 Å². The Labute approximate surface area is 177 Å². The quantitative estimate of drug-likeness (QED) is 0.492. The standard InChI is InChI=1S/C24H27NO5/c1-4-28-21-14-20-12-17(2)30-22(20)13-19(21)10-11-24(27)29-16-23(26)25(3)15-18-8-6-5-7-9-18/h5-11,13-14,17H,4,12,15-16H2,1-3H3/b11-10+/t17-/m1/s1. The summed E-state index contributed by atoms with van der Waals surface area (Å²) in [5, 5.41) is 0. The minimum absolute atomic E-state index is 0.123. The first-order chi connectivity index (χ1) is 14.5. The average Bonchev–Trinajstić information content (AvgIpc) is 3.10. The van der Waals surface area contributed by atoms with Crippen molar-refractivity contribution in [2.75, 3.05) is 20.3 Å². The lowest BCUT2D eigenvalue weighted by Crippen LogP contribution is -2.30. The molecule has 1 atom stereocenters. The third-order valence-electron chi connectivity index (χ3n) is 4.75. The summed E-state index contributed by atoms with van der Waals surface area (Å²) in [6.45, 7) is 4.58. The third-order valence-corrected chi connectivity index (χ3v) is 4.75. The monoisotopic (exact) mass is 409 g/mol. The lowest BCUT2D eigenvalue weighted by Gasteiger charge is -2.16. The fraction of sp³-hybridized carbons (Fsp3) is 0.333. The maximum absolute atomic E-state index is 12.2. The van der Waals surface area contributed by atoms with Crippen LogP contribution in [-0.4, -0.2) is 43.1 Å². The van der Waals surface area contributed by atoms with Gasteiger partial charge >= 0.3 is 5.97 Å². The average molecular weight is 409 g/mol. The molecule has 0 saturated heterocycles. The predicted octanol–water partition coefficient (Wildman–Crippen LogP) is 3.62. The molecule has 1 heterocycles. The molecule has 30 heavy (non-hydrogen) atoms. The number of benzene rings is 2. The Kier molecular flexibility index (Phi) is 7.12. The van der Waals surface area contributed by atoms with E-state index in [1.165, 1.54) is 11.0 Å². The van der Waals surface area contributed by atoms with Crippen molar-refractivity contribution in [3.63, 3.8) is 0 Å². The van der Waals surface area contributed by atoms with E-state index in [9.17, 15) is 9.59 Å². The van der Waals surface area contributed by atoms with Gasteiger partial charge in [-0.15, -0.1) is 0 Å². The Morgan fingerprint density at radius 2 is 2.00 bits per heavy atom. The maximum atomic E-state index is 12.2. The van der Waals surface area contributed by atoms with Crippen LogP contribution in [0.1, 0.15) is 30.5 Å². The second kappa shape index (κ2) is 9.96. The largest absolute Gasteiger partial charge is 0.493 e. The lowest BCUT2D eigenvalue weighted by molar-refractivity contribution is -0.147. The highest BCUT2D eigenvalue weighted by Gasteiger charge is 2.21. The van der Waals surface area contributed by atoms with Crippen molar-refractivity contribution in [1.29, 1.82) is 0 Å². The van der Waals surface area contributed by atoms with Crippen LogP contribution in [0.4, 0.5) is 0 Å². The molecule has 0 aromatic heterocycles. The van der Waals surface area contributed by atoms with Crippen molar-refractivity contribution in [2.24, 2.45) is 0 Å². The van der Waals surface area contributed by atoms with Gasteiger partial charge in [-0.2, -0.15) is 0 Å². The molecular weight excluding hydrogens is 382 g/mol. The molecule has 0 saturated carbocycles. The molecule has 2 aromatic carbocycles.